The normalized spacial score (nSPS) is 13.9. The molecule has 9 nitrogen and oxygen atoms in total. The number of aromatic nitrogens is 4. The number of hydrogen-bond donors (Lipinski definition) is 3. The third-order valence-electron chi connectivity index (χ3n) is 6.43. The SMILES string of the molecule is COc1cc(Nc2ncc(F)c(-c3cc(F)c4c(O)cc5nccn5c4c3)n2)ccc1N1CCNCC1. The van der Waals surface area contributed by atoms with Crippen molar-refractivity contribution in [3.63, 3.8) is 0 Å². The van der Waals surface area contributed by atoms with Gasteiger partial charge in [0.15, 0.2) is 5.82 Å². The summed E-state index contributed by atoms with van der Waals surface area (Å²) in [4.78, 5) is 14.8. The van der Waals surface area contributed by atoms with Gasteiger partial charge in [-0.15, -0.1) is 0 Å². The Morgan fingerprint density at radius 3 is 2.70 bits per heavy atom. The maximum Gasteiger partial charge on any atom is 0.227 e. The average molecular weight is 504 g/mol. The van der Waals surface area contributed by atoms with Crippen molar-refractivity contribution in [2.45, 2.75) is 0 Å². The minimum absolute atomic E-state index is 0.0127. The van der Waals surface area contributed by atoms with Crippen molar-refractivity contribution in [3.05, 3.63) is 66.6 Å². The number of ether oxygens (including phenoxy) is 1. The highest BCUT2D eigenvalue weighted by Gasteiger charge is 2.18. The zero-order valence-corrected chi connectivity index (χ0v) is 19.9. The summed E-state index contributed by atoms with van der Waals surface area (Å²) in [5.41, 5.74) is 2.52. The van der Waals surface area contributed by atoms with Gasteiger partial charge in [-0.2, -0.15) is 0 Å². The molecule has 0 atom stereocenters. The van der Waals surface area contributed by atoms with Crippen LogP contribution in [0.5, 0.6) is 11.5 Å². The van der Waals surface area contributed by atoms with Crippen molar-refractivity contribution in [1.82, 2.24) is 24.7 Å². The fourth-order valence-corrected chi connectivity index (χ4v) is 4.67. The molecule has 1 saturated heterocycles. The van der Waals surface area contributed by atoms with Gasteiger partial charge in [0.1, 0.15) is 28.7 Å². The molecule has 4 heterocycles. The molecule has 0 bridgehead atoms. The summed E-state index contributed by atoms with van der Waals surface area (Å²) >= 11 is 0. The van der Waals surface area contributed by atoms with E-state index in [4.69, 9.17) is 4.74 Å². The lowest BCUT2D eigenvalue weighted by molar-refractivity contribution is 0.413. The number of benzene rings is 2. The number of anilines is 3. The van der Waals surface area contributed by atoms with Gasteiger partial charge in [0.25, 0.3) is 0 Å². The first-order valence-corrected chi connectivity index (χ1v) is 11.7. The molecule has 1 aliphatic heterocycles. The van der Waals surface area contributed by atoms with Crippen LogP contribution in [0.15, 0.2) is 55.0 Å². The van der Waals surface area contributed by atoms with Gasteiger partial charge < -0.3 is 25.4 Å². The van der Waals surface area contributed by atoms with Gasteiger partial charge in [0.2, 0.25) is 5.95 Å². The molecule has 3 aromatic heterocycles. The van der Waals surface area contributed by atoms with E-state index in [0.717, 1.165) is 44.1 Å². The molecular weight excluding hydrogens is 480 g/mol. The zero-order valence-electron chi connectivity index (χ0n) is 19.9. The topological polar surface area (TPSA) is 99.8 Å². The second-order valence-corrected chi connectivity index (χ2v) is 8.68. The number of hydrogen-bond acceptors (Lipinski definition) is 8. The van der Waals surface area contributed by atoms with Crippen molar-refractivity contribution in [2.75, 3.05) is 43.5 Å². The van der Waals surface area contributed by atoms with Crippen LogP contribution in [-0.4, -0.2) is 57.7 Å². The van der Waals surface area contributed by atoms with Crippen LogP contribution in [0.1, 0.15) is 0 Å². The van der Waals surface area contributed by atoms with Crippen LogP contribution in [0.4, 0.5) is 26.1 Å². The van der Waals surface area contributed by atoms with E-state index < -0.39 is 11.6 Å². The molecule has 0 radical (unpaired) electrons. The van der Waals surface area contributed by atoms with Gasteiger partial charge in [-0.05, 0) is 24.3 Å². The number of pyridine rings is 1. The van der Waals surface area contributed by atoms with Gasteiger partial charge in [0, 0.05) is 62.0 Å². The highest BCUT2D eigenvalue weighted by Crippen LogP contribution is 2.35. The Kier molecular flexibility index (Phi) is 5.68. The van der Waals surface area contributed by atoms with E-state index in [1.54, 1.807) is 23.8 Å². The lowest BCUT2D eigenvalue weighted by atomic mass is 10.1. The number of nitrogens with zero attached hydrogens (tertiary/aromatic N) is 5. The Morgan fingerprint density at radius 1 is 1.05 bits per heavy atom. The van der Waals surface area contributed by atoms with E-state index in [9.17, 15) is 9.50 Å². The summed E-state index contributed by atoms with van der Waals surface area (Å²) in [7, 11) is 1.61. The van der Waals surface area contributed by atoms with Gasteiger partial charge in [-0.25, -0.2) is 23.7 Å². The Hall–Kier alpha value is -4.51. The summed E-state index contributed by atoms with van der Waals surface area (Å²) in [6, 6.07) is 9.75. The van der Waals surface area contributed by atoms with Crippen molar-refractivity contribution in [2.24, 2.45) is 0 Å². The fraction of sp³-hybridized carbons (Fsp3) is 0.192. The second kappa shape index (κ2) is 9.17. The molecular formula is C26H23F2N7O2. The van der Waals surface area contributed by atoms with E-state index in [2.05, 4.69) is 30.5 Å². The van der Waals surface area contributed by atoms with Gasteiger partial charge in [-0.3, -0.25) is 4.40 Å². The van der Waals surface area contributed by atoms with Crippen molar-refractivity contribution in [1.29, 1.82) is 0 Å². The van der Waals surface area contributed by atoms with Crippen molar-refractivity contribution >= 4 is 33.9 Å². The Morgan fingerprint density at radius 2 is 1.89 bits per heavy atom. The fourth-order valence-electron chi connectivity index (χ4n) is 4.67. The van der Waals surface area contributed by atoms with Gasteiger partial charge in [0.05, 0.1) is 29.9 Å². The smallest absolute Gasteiger partial charge is 0.227 e. The minimum atomic E-state index is -0.710. The van der Waals surface area contributed by atoms with E-state index >= 15 is 4.39 Å². The number of rotatable bonds is 5. The maximum atomic E-state index is 15.1. The number of nitrogens with one attached hydrogen (secondary N) is 2. The molecule has 0 unspecified atom stereocenters. The van der Waals surface area contributed by atoms with Gasteiger partial charge in [-0.1, -0.05) is 0 Å². The number of imidazole rings is 1. The van der Waals surface area contributed by atoms with Crippen LogP contribution >= 0.6 is 0 Å². The predicted octanol–water partition coefficient (Wildman–Crippen LogP) is 4.09. The van der Waals surface area contributed by atoms with E-state index in [1.165, 1.54) is 12.3 Å². The van der Waals surface area contributed by atoms with E-state index in [0.29, 0.717) is 22.6 Å². The highest BCUT2D eigenvalue weighted by atomic mass is 19.1. The van der Waals surface area contributed by atoms with Crippen LogP contribution < -0.4 is 20.3 Å². The molecule has 37 heavy (non-hydrogen) atoms. The molecule has 5 aromatic rings. The first-order valence-electron chi connectivity index (χ1n) is 11.7. The number of methoxy groups -OCH3 is 1. The Balaban J connectivity index is 1.36. The second-order valence-electron chi connectivity index (χ2n) is 8.68. The van der Waals surface area contributed by atoms with Crippen molar-refractivity contribution < 1.29 is 18.6 Å². The quantitative estimate of drug-likeness (QED) is 0.330. The summed E-state index contributed by atoms with van der Waals surface area (Å²) in [6.45, 7) is 3.55. The lowest BCUT2D eigenvalue weighted by Gasteiger charge is -2.30. The first kappa shape index (κ1) is 22.9. The highest BCUT2D eigenvalue weighted by molar-refractivity contribution is 5.91. The summed E-state index contributed by atoms with van der Waals surface area (Å²) < 4.78 is 37.2. The summed E-state index contributed by atoms with van der Waals surface area (Å²) in [5.74, 6) is -0.839. The molecule has 0 spiro atoms. The molecule has 6 rings (SSSR count). The summed E-state index contributed by atoms with van der Waals surface area (Å²) in [5, 5.41) is 16.7. The average Bonchev–Trinajstić information content (AvgIpc) is 3.38. The maximum absolute atomic E-state index is 15.1. The molecule has 1 aliphatic rings. The molecule has 0 amide bonds. The number of fused-ring (bicyclic) bond motifs is 3. The summed E-state index contributed by atoms with van der Waals surface area (Å²) in [6.07, 6.45) is 4.21. The zero-order chi connectivity index (χ0) is 25.5. The molecule has 0 saturated carbocycles. The molecule has 0 aliphatic carbocycles. The molecule has 2 aromatic carbocycles. The van der Waals surface area contributed by atoms with Crippen LogP contribution in [-0.2, 0) is 0 Å². The third-order valence-corrected chi connectivity index (χ3v) is 6.43. The molecule has 188 valence electrons. The number of halogens is 2. The monoisotopic (exact) mass is 503 g/mol. The number of piperazine rings is 1. The number of aromatic hydroxyl groups is 1. The minimum Gasteiger partial charge on any atom is -0.507 e. The van der Waals surface area contributed by atoms with Crippen LogP contribution in [0.25, 0.3) is 27.8 Å². The third kappa shape index (κ3) is 4.12. The van der Waals surface area contributed by atoms with Crippen LogP contribution in [0, 0.1) is 11.6 Å². The molecule has 3 N–H and O–H groups in total. The first-order chi connectivity index (χ1) is 18.0. The Bertz CT molecular complexity index is 1630. The standard InChI is InChI=1S/C26H23F2N7O2/c1-37-22-12-16(2-3-19(22)34-7-4-29-5-8-34)32-26-31-14-18(28)25(33-26)15-10-17(27)24-20(11-15)35-9-6-30-23(35)13-21(24)36/h2-3,6,9-14,29,36H,4-5,7-8H2,1H3,(H,31,32,33). The Labute approximate surface area is 210 Å². The van der Waals surface area contributed by atoms with Crippen LogP contribution in [0.3, 0.4) is 0 Å². The van der Waals surface area contributed by atoms with Crippen LogP contribution in [0.2, 0.25) is 0 Å². The van der Waals surface area contributed by atoms with Gasteiger partial charge >= 0.3 is 0 Å². The molecule has 1 fully saturated rings. The van der Waals surface area contributed by atoms with Crippen molar-refractivity contribution in [3.8, 4) is 22.8 Å². The lowest BCUT2D eigenvalue weighted by Crippen LogP contribution is -2.43. The van der Waals surface area contributed by atoms with E-state index in [1.807, 2.05) is 18.2 Å². The molecule has 11 heteroatoms. The largest absolute Gasteiger partial charge is 0.507 e. The predicted molar refractivity (Wildman–Crippen MR) is 137 cm³/mol. The van der Waals surface area contributed by atoms with E-state index in [-0.39, 0.29) is 28.3 Å².